The van der Waals surface area contributed by atoms with Gasteiger partial charge in [0.15, 0.2) is 0 Å². The molecule has 1 nitrogen and oxygen atoms in total. The SMILES string of the molecule is C=CCSCCNC1CC(c2ccccc2Br)C1. The quantitative estimate of drug-likeness (QED) is 0.595. The summed E-state index contributed by atoms with van der Waals surface area (Å²) in [5.41, 5.74) is 1.47. The molecule has 1 saturated carbocycles. The van der Waals surface area contributed by atoms with Gasteiger partial charge in [-0.3, -0.25) is 0 Å². The molecule has 1 aromatic rings. The number of halogens is 1. The fraction of sp³-hybridized carbons (Fsp3) is 0.467. The average molecular weight is 326 g/mol. The zero-order valence-corrected chi connectivity index (χ0v) is 13.0. The second kappa shape index (κ2) is 7.37. The first-order chi connectivity index (χ1) is 8.81. The third-order valence-corrected chi connectivity index (χ3v) is 5.08. The lowest BCUT2D eigenvalue weighted by Gasteiger charge is -2.37. The van der Waals surface area contributed by atoms with Gasteiger partial charge in [-0.25, -0.2) is 0 Å². The van der Waals surface area contributed by atoms with Crippen LogP contribution in [0.15, 0.2) is 41.4 Å². The molecule has 1 N–H and O–H groups in total. The van der Waals surface area contributed by atoms with Crippen molar-refractivity contribution >= 4 is 27.7 Å². The Bertz CT molecular complexity index is 388. The van der Waals surface area contributed by atoms with Crippen molar-refractivity contribution in [2.75, 3.05) is 18.1 Å². The molecule has 0 atom stereocenters. The zero-order chi connectivity index (χ0) is 12.8. The van der Waals surface area contributed by atoms with Gasteiger partial charge in [0.1, 0.15) is 0 Å². The van der Waals surface area contributed by atoms with E-state index in [0.29, 0.717) is 6.04 Å². The molecule has 0 radical (unpaired) electrons. The van der Waals surface area contributed by atoms with Crippen LogP contribution >= 0.6 is 27.7 Å². The Morgan fingerprint density at radius 2 is 2.17 bits per heavy atom. The van der Waals surface area contributed by atoms with Gasteiger partial charge in [0.05, 0.1) is 0 Å². The smallest absolute Gasteiger partial charge is 0.0210 e. The van der Waals surface area contributed by atoms with Crippen LogP contribution in [0.3, 0.4) is 0 Å². The second-order valence-corrected chi connectivity index (χ2v) is 6.71. The zero-order valence-electron chi connectivity index (χ0n) is 10.6. The highest BCUT2D eigenvalue weighted by Gasteiger charge is 2.30. The van der Waals surface area contributed by atoms with E-state index in [0.717, 1.165) is 18.2 Å². The number of hydrogen-bond donors (Lipinski definition) is 1. The highest BCUT2D eigenvalue weighted by molar-refractivity contribution is 9.10. The Kier molecular flexibility index (Phi) is 5.80. The summed E-state index contributed by atoms with van der Waals surface area (Å²) >= 11 is 5.58. The van der Waals surface area contributed by atoms with Crippen LogP contribution in [0.1, 0.15) is 24.3 Å². The van der Waals surface area contributed by atoms with E-state index < -0.39 is 0 Å². The summed E-state index contributed by atoms with van der Waals surface area (Å²) in [6, 6.07) is 9.31. The Morgan fingerprint density at radius 1 is 1.39 bits per heavy atom. The highest BCUT2D eigenvalue weighted by Crippen LogP contribution is 2.39. The largest absolute Gasteiger partial charge is 0.313 e. The summed E-state index contributed by atoms with van der Waals surface area (Å²) in [6.07, 6.45) is 4.51. The van der Waals surface area contributed by atoms with Crippen molar-refractivity contribution in [3.63, 3.8) is 0 Å². The van der Waals surface area contributed by atoms with Crippen LogP contribution in [0.5, 0.6) is 0 Å². The van der Waals surface area contributed by atoms with Crippen LogP contribution in [0, 0.1) is 0 Å². The minimum atomic E-state index is 0.714. The molecule has 0 aliphatic heterocycles. The Morgan fingerprint density at radius 3 is 2.89 bits per heavy atom. The van der Waals surface area contributed by atoms with Crippen molar-refractivity contribution in [1.29, 1.82) is 0 Å². The minimum absolute atomic E-state index is 0.714. The van der Waals surface area contributed by atoms with Crippen LogP contribution in [0.25, 0.3) is 0 Å². The third-order valence-electron chi connectivity index (χ3n) is 3.40. The van der Waals surface area contributed by atoms with E-state index in [4.69, 9.17) is 0 Å². The molecule has 2 rings (SSSR count). The number of nitrogens with one attached hydrogen (secondary N) is 1. The Balaban J connectivity index is 1.65. The van der Waals surface area contributed by atoms with E-state index in [1.807, 2.05) is 17.8 Å². The van der Waals surface area contributed by atoms with Gasteiger partial charge in [0.2, 0.25) is 0 Å². The van der Waals surface area contributed by atoms with Gasteiger partial charge in [0.25, 0.3) is 0 Å². The fourth-order valence-corrected chi connectivity index (χ4v) is 3.55. The van der Waals surface area contributed by atoms with Crippen LogP contribution < -0.4 is 5.32 Å². The molecule has 0 amide bonds. The molecule has 0 saturated heterocycles. The number of hydrogen-bond acceptors (Lipinski definition) is 2. The second-order valence-electron chi connectivity index (χ2n) is 4.70. The molecule has 1 aliphatic carbocycles. The summed E-state index contributed by atoms with van der Waals surface area (Å²) < 4.78 is 1.26. The van der Waals surface area contributed by atoms with Crippen molar-refractivity contribution in [1.82, 2.24) is 5.32 Å². The number of rotatable bonds is 7. The van der Waals surface area contributed by atoms with E-state index >= 15 is 0 Å². The lowest BCUT2D eigenvalue weighted by Crippen LogP contribution is -2.41. The van der Waals surface area contributed by atoms with Crippen molar-refractivity contribution in [2.24, 2.45) is 0 Å². The van der Waals surface area contributed by atoms with Gasteiger partial charge >= 0.3 is 0 Å². The first-order valence-electron chi connectivity index (χ1n) is 6.47. The van der Waals surface area contributed by atoms with Crippen LogP contribution in [-0.4, -0.2) is 24.1 Å². The fourth-order valence-electron chi connectivity index (χ4n) is 2.35. The first-order valence-corrected chi connectivity index (χ1v) is 8.42. The lowest BCUT2D eigenvalue weighted by molar-refractivity contribution is 0.296. The van der Waals surface area contributed by atoms with Gasteiger partial charge in [0, 0.05) is 28.6 Å². The molecule has 1 aromatic carbocycles. The Hall–Kier alpha value is -0.250. The predicted octanol–water partition coefficient (Wildman–Crippen LogP) is 4.20. The van der Waals surface area contributed by atoms with Gasteiger partial charge < -0.3 is 5.32 Å². The lowest BCUT2D eigenvalue weighted by atomic mass is 9.76. The van der Waals surface area contributed by atoms with Crippen molar-refractivity contribution < 1.29 is 0 Å². The summed E-state index contributed by atoms with van der Waals surface area (Å²) in [4.78, 5) is 0. The van der Waals surface area contributed by atoms with Crippen LogP contribution in [0.4, 0.5) is 0 Å². The van der Waals surface area contributed by atoms with E-state index in [-0.39, 0.29) is 0 Å². The molecule has 0 unspecified atom stereocenters. The molecule has 0 spiro atoms. The van der Waals surface area contributed by atoms with Gasteiger partial charge in [-0.05, 0) is 30.4 Å². The average Bonchev–Trinajstić information content (AvgIpc) is 2.33. The Labute approximate surface area is 123 Å². The maximum atomic E-state index is 3.73. The summed E-state index contributed by atoms with van der Waals surface area (Å²) in [5, 5.41) is 3.63. The van der Waals surface area contributed by atoms with Crippen molar-refractivity contribution in [3.05, 3.63) is 47.0 Å². The standard InChI is InChI=1S/C15H20BrNS/c1-2-8-18-9-7-17-13-10-12(11-13)14-5-3-4-6-15(14)16/h2-6,12-13,17H,1,7-11H2. The summed E-state index contributed by atoms with van der Waals surface area (Å²) in [6.45, 7) is 4.84. The molecule has 98 valence electrons. The maximum Gasteiger partial charge on any atom is 0.0210 e. The maximum absolute atomic E-state index is 3.73. The predicted molar refractivity (Wildman–Crippen MR) is 85.4 cm³/mol. The van der Waals surface area contributed by atoms with Gasteiger partial charge in [-0.2, -0.15) is 11.8 Å². The highest BCUT2D eigenvalue weighted by atomic mass is 79.9. The first kappa shape index (κ1) is 14.2. The molecular weight excluding hydrogens is 306 g/mol. The minimum Gasteiger partial charge on any atom is -0.313 e. The van der Waals surface area contributed by atoms with E-state index in [1.165, 1.54) is 28.6 Å². The summed E-state index contributed by atoms with van der Waals surface area (Å²) in [7, 11) is 0. The monoisotopic (exact) mass is 325 g/mol. The molecule has 0 bridgehead atoms. The molecular formula is C15H20BrNS. The molecule has 1 fully saturated rings. The summed E-state index contributed by atoms with van der Waals surface area (Å²) in [5.74, 6) is 2.98. The molecule has 0 heterocycles. The topological polar surface area (TPSA) is 12.0 Å². The molecule has 18 heavy (non-hydrogen) atoms. The third kappa shape index (κ3) is 3.87. The molecule has 1 aliphatic rings. The van der Waals surface area contributed by atoms with E-state index in [2.05, 4.69) is 52.1 Å². The number of thioether (sulfide) groups is 1. The van der Waals surface area contributed by atoms with E-state index in [1.54, 1.807) is 0 Å². The van der Waals surface area contributed by atoms with E-state index in [9.17, 15) is 0 Å². The van der Waals surface area contributed by atoms with Gasteiger partial charge in [-0.15, -0.1) is 6.58 Å². The van der Waals surface area contributed by atoms with Gasteiger partial charge in [-0.1, -0.05) is 40.2 Å². The van der Waals surface area contributed by atoms with Crippen molar-refractivity contribution in [2.45, 2.75) is 24.8 Å². The molecule has 0 aromatic heterocycles. The van der Waals surface area contributed by atoms with Crippen molar-refractivity contribution in [3.8, 4) is 0 Å². The van der Waals surface area contributed by atoms with Crippen LogP contribution in [0.2, 0.25) is 0 Å². The molecule has 3 heteroatoms. The normalized spacial score (nSPS) is 22.5. The number of benzene rings is 1. The van der Waals surface area contributed by atoms with Crippen LogP contribution in [-0.2, 0) is 0 Å².